The van der Waals surface area contributed by atoms with Gasteiger partial charge < -0.3 is 9.80 Å². The Morgan fingerprint density at radius 1 is 1.10 bits per heavy atom. The van der Waals surface area contributed by atoms with Crippen molar-refractivity contribution >= 4 is 5.82 Å². The first kappa shape index (κ1) is 14.8. The summed E-state index contributed by atoms with van der Waals surface area (Å²) < 4.78 is 0. The third-order valence-electron chi connectivity index (χ3n) is 4.79. The van der Waals surface area contributed by atoms with Crippen molar-refractivity contribution in [3.63, 3.8) is 0 Å². The largest absolute Gasteiger partial charge is 0.352 e. The van der Waals surface area contributed by atoms with E-state index in [2.05, 4.69) is 34.7 Å². The van der Waals surface area contributed by atoms with Crippen LogP contribution in [0, 0.1) is 6.92 Å². The highest BCUT2D eigenvalue weighted by molar-refractivity contribution is 5.42. The highest BCUT2D eigenvalue weighted by Gasteiger charge is 2.28. The predicted molar refractivity (Wildman–Crippen MR) is 86.8 cm³/mol. The van der Waals surface area contributed by atoms with Crippen molar-refractivity contribution in [2.45, 2.75) is 58.4 Å². The van der Waals surface area contributed by atoms with E-state index in [9.17, 15) is 0 Å². The number of hydrogen-bond donors (Lipinski definition) is 0. The molecule has 4 nitrogen and oxygen atoms in total. The van der Waals surface area contributed by atoms with E-state index in [1.807, 2.05) is 0 Å². The van der Waals surface area contributed by atoms with Gasteiger partial charge in [0.05, 0.1) is 0 Å². The first-order valence-corrected chi connectivity index (χ1v) is 8.60. The zero-order valence-electron chi connectivity index (χ0n) is 13.5. The molecule has 0 saturated carbocycles. The molecule has 0 amide bonds. The Hall–Kier alpha value is -1.16. The van der Waals surface area contributed by atoms with Crippen molar-refractivity contribution in [2.75, 3.05) is 31.1 Å². The summed E-state index contributed by atoms with van der Waals surface area (Å²) in [6, 6.07) is 2.80. The normalized spacial score (nSPS) is 23.7. The van der Waals surface area contributed by atoms with E-state index >= 15 is 0 Å². The molecular formula is C17H28N4. The third kappa shape index (κ3) is 3.54. The predicted octanol–water partition coefficient (Wildman–Crippen LogP) is 2.80. The average Bonchev–Trinajstić information content (AvgIpc) is 2.96. The number of aryl methyl sites for hydroxylation is 2. The lowest BCUT2D eigenvalue weighted by molar-refractivity contribution is 0.216. The summed E-state index contributed by atoms with van der Waals surface area (Å²) in [5.74, 6) is 2.13. The van der Waals surface area contributed by atoms with Gasteiger partial charge in [0.2, 0.25) is 0 Å². The quantitative estimate of drug-likeness (QED) is 0.853. The van der Waals surface area contributed by atoms with Crippen LogP contribution in [0.4, 0.5) is 5.82 Å². The first-order chi connectivity index (χ1) is 10.3. The van der Waals surface area contributed by atoms with Crippen molar-refractivity contribution < 1.29 is 0 Å². The molecule has 1 atom stereocenters. The molecule has 21 heavy (non-hydrogen) atoms. The maximum atomic E-state index is 4.77. The summed E-state index contributed by atoms with van der Waals surface area (Å²) in [5.41, 5.74) is 1.10. The number of nitrogens with zero attached hydrogens (tertiary/aromatic N) is 4. The fourth-order valence-corrected chi connectivity index (χ4v) is 3.68. The molecule has 3 heterocycles. The summed E-state index contributed by atoms with van der Waals surface area (Å²) in [4.78, 5) is 14.5. The van der Waals surface area contributed by atoms with Gasteiger partial charge >= 0.3 is 0 Å². The molecule has 3 rings (SSSR count). The van der Waals surface area contributed by atoms with Crippen LogP contribution in [0.2, 0.25) is 0 Å². The number of aromatic nitrogens is 2. The molecule has 0 unspecified atom stereocenters. The second-order valence-electron chi connectivity index (χ2n) is 6.49. The molecule has 0 N–H and O–H groups in total. The lowest BCUT2D eigenvalue weighted by Gasteiger charge is -2.33. The van der Waals surface area contributed by atoms with E-state index in [0.29, 0.717) is 6.04 Å². The van der Waals surface area contributed by atoms with Crippen molar-refractivity contribution in [3.8, 4) is 0 Å². The minimum Gasteiger partial charge on any atom is -0.352 e. The van der Waals surface area contributed by atoms with Crippen LogP contribution >= 0.6 is 0 Å². The van der Waals surface area contributed by atoms with Crippen LogP contribution in [0.1, 0.15) is 50.5 Å². The van der Waals surface area contributed by atoms with E-state index in [4.69, 9.17) is 4.98 Å². The number of hydrogen-bond acceptors (Lipinski definition) is 4. The molecule has 0 radical (unpaired) electrons. The second kappa shape index (κ2) is 6.73. The van der Waals surface area contributed by atoms with Crippen molar-refractivity contribution in [2.24, 2.45) is 0 Å². The van der Waals surface area contributed by atoms with Gasteiger partial charge in [-0.25, -0.2) is 9.97 Å². The fraction of sp³-hybridized carbons (Fsp3) is 0.765. The van der Waals surface area contributed by atoms with E-state index in [1.54, 1.807) is 0 Å². The molecule has 1 aromatic heterocycles. The molecule has 0 aromatic carbocycles. The molecule has 0 bridgehead atoms. The first-order valence-electron chi connectivity index (χ1n) is 8.60. The topological polar surface area (TPSA) is 32.3 Å². The SMILES string of the molecule is CCc1nc(C)cc(N2CCC[C@@H]2CN2CCCCC2)n1. The molecule has 2 aliphatic heterocycles. The van der Waals surface area contributed by atoms with E-state index in [0.717, 1.165) is 30.3 Å². The second-order valence-corrected chi connectivity index (χ2v) is 6.49. The van der Waals surface area contributed by atoms with Gasteiger partial charge in [0.1, 0.15) is 11.6 Å². The smallest absolute Gasteiger partial charge is 0.132 e. The van der Waals surface area contributed by atoms with Gasteiger partial charge in [-0.3, -0.25) is 0 Å². The lowest BCUT2D eigenvalue weighted by atomic mass is 10.1. The van der Waals surface area contributed by atoms with Gasteiger partial charge in [-0.1, -0.05) is 13.3 Å². The van der Waals surface area contributed by atoms with Gasteiger partial charge in [0.25, 0.3) is 0 Å². The molecule has 2 aliphatic rings. The van der Waals surface area contributed by atoms with E-state index in [-0.39, 0.29) is 0 Å². The van der Waals surface area contributed by atoms with Crippen LogP contribution in [0.25, 0.3) is 0 Å². The Kier molecular flexibility index (Phi) is 4.73. The third-order valence-corrected chi connectivity index (χ3v) is 4.79. The number of likely N-dealkylation sites (tertiary alicyclic amines) is 1. The summed E-state index contributed by atoms with van der Waals surface area (Å²) in [5, 5.41) is 0. The molecule has 0 aliphatic carbocycles. The number of anilines is 1. The lowest BCUT2D eigenvalue weighted by Crippen LogP contribution is -2.42. The fourth-order valence-electron chi connectivity index (χ4n) is 3.68. The van der Waals surface area contributed by atoms with Crippen molar-refractivity contribution in [1.29, 1.82) is 0 Å². The Labute approximate surface area is 128 Å². The van der Waals surface area contributed by atoms with Gasteiger partial charge in [0, 0.05) is 37.3 Å². The van der Waals surface area contributed by atoms with Crippen molar-refractivity contribution in [3.05, 3.63) is 17.6 Å². The number of rotatable bonds is 4. The van der Waals surface area contributed by atoms with Crippen LogP contribution in [0.5, 0.6) is 0 Å². The molecule has 2 fully saturated rings. The summed E-state index contributed by atoms with van der Waals surface area (Å²) >= 11 is 0. The van der Waals surface area contributed by atoms with E-state index < -0.39 is 0 Å². The highest BCUT2D eigenvalue weighted by atomic mass is 15.3. The molecule has 4 heteroatoms. The summed E-state index contributed by atoms with van der Waals surface area (Å²) in [6.45, 7) is 9.15. The van der Waals surface area contributed by atoms with E-state index in [1.165, 1.54) is 51.7 Å². The van der Waals surface area contributed by atoms with Gasteiger partial charge in [-0.15, -0.1) is 0 Å². The summed E-state index contributed by atoms with van der Waals surface area (Å²) in [6.07, 6.45) is 7.68. The molecule has 0 spiro atoms. The number of piperidine rings is 1. The van der Waals surface area contributed by atoms with Crippen LogP contribution in [0.3, 0.4) is 0 Å². The Balaban J connectivity index is 1.72. The monoisotopic (exact) mass is 288 g/mol. The van der Waals surface area contributed by atoms with Gasteiger partial charge in [-0.2, -0.15) is 0 Å². The highest BCUT2D eigenvalue weighted by Crippen LogP contribution is 2.26. The minimum absolute atomic E-state index is 0.641. The molecule has 2 saturated heterocycles. The maximum Gasteiger partial charge on any atom is 0.132 e. The van der Waals surface area contributed by atoms with Crippen LogP contribution in [-0.2, 0) is 6.42 Å². The summed E-state index contributed by atoms with van der Waals surface area (Å²) in [7, 11) is 0. The zero-order valence-corrected chi connectivity index (χ0v) is 13.5. The maximum absolute atomic E-state index is 4.77. The van der Waals surface area contributed by atoms with Crippen LogP contribution in [0.15, 0.2) is 6.07 Å². The van der Waals surface area contributed by atoms with Gasteiger partial charge in [0.15, 0.2) is 0 Å². The minimum atomic E-state index is 0.641. The zero-order chi connectivity index (χ0) is 14.7. The average molecular weight is 288 g/mol. The Bertz CT molecular complexity index is 468. The Morgan fingerprint density at radius 2 is 1.90 bits per heavy atom. The molecule has 116 valence electrons. The Morgan fingerprint density at radius 3 is 2.67 bits per heavy atom. The van der Waals surface area contributed by atoms with Crippen molar-refractivity contribution in [1.82, 2.24) is 14.9 Å². The van der Waals surface area contributed by atoms with Gasteiger partial charge in [-0.05, 0) is 45.7 Å². The molecular weight excluding hydrogens is 260 g/mol. The standard InChI is InChI=1S/C17H28N4/c1-3-16-18-14(2)12-17(19-16)21-11-7-8-15(21)13-20-9-5-4-6-10-20/h12,15H,3-11,13H2,1-2H3/t15-/m1/s1. The van der Waals surface area contributed by atoms with Crippen LogP contribution in [-0.4, -0.2) is 47.1 Å². The molecule has 1 aromatic rings. The van der Waals surface area contributed by atoms with Crippen LogP contribution < -0.4 is 4.90 Å².